The van der Waals surface area contributed by atoms with Gasteiger partial charge in [-0.2, -0.15) is 0 Å². The molecule has 1 fully saturated rings. The Morgan fingerprint density at radius 1 is 1.40 bits per heavy atom. The molecule has 0 aromatic heterocycles. The first-order valence-electron chi connectivity index (χ1n) is 6.86. The molecule has 20 heavy (non-hydrogen) atoms. The zero-order valence-corrected chi connectivity index (χ0v) is 12.0. The van der Waals surface area contributed by atoms with Crippen molar-refractivity contribution >= 4 is 28.8 Å². The number of anilines is 1. The first-order chi connectivity index (χ1) is 9.49. The monoisotopic (exact) mass is 292 g/mol. The number of aryl methyl sites for hydroxylation is 1. The van der Waals surface area contributed by atoms with Crippen LogP contribution in [-0.4, -0.2) is 17.4 Å². The summed E-state index contributed by atoms with van der Waals surface area (Å²) in [6, 6.07) is 4.65. The number of rotatable bonds is 4. The van der Waals surface area contributed by atoms with E-state index in [0.29, 0.717) is 30.8 Å². The summed E-state index contributed by atoms with van der Waals surface area (Å²) in [7, 11) is 0. The van der Waals surface area contributed by atoms with Gasteiger partial charge in [0.25, 0.3) is 0 Å². The molecule has 1 aliphatic carbocycles. The average molecular weight is 292 g/mol. The maximum absolute atomic E-state index is 13.3. The molecule has 2 aliphatic rings. The van der Waals surface area contributed by atoms with Crippen molar-refractivity contribution in [1.29, 1.82) is 0 Å². The van der Waals surface area contributed by atoms with Crippen LogP contribution in [-0.2, 0) is 11.2 Å². The van der Waals surface area contributed by atoms with Crippen LogP contribution in [0.4, 0.5) is 10.1 Å². The Labute approximate surface area is 122 Å². The molecule has 5 heteroatoms. The van der Waals surface area contributed by atoms with E-state index in [0.717, 1.165) is 24.1 Å². The van der Waals surface area contributed by atoms with Gasteiger partial charge in [0.2, 0.25) is 5.91 Å². The largest absolute Gasteiger partial charge is 0.393 e. The van der Waals surface area contributed by atoms with Crippen LogP contribution in [0.2, 0.25) is 0 Å². The second-order valence-electron chi connectivity index (χ2n) is 5.90. The molecule has 106 valence electrons. The Hall–Kier alpha value is -1.49. The van der Waals surface area contributed by atoms with E-state index >= 15 is 0 Å². The van der Waals surface area contributed by atoms with E-state index in [1.807, 2.05) is 0 Å². The van der Waals surface area contributed by atoms with Gasteiger partial charge in [-0.05, 0) is 48.4 Å². The highest BCUT2D eigenvalue weighted by atomic mass is 32.1. The van der Waals surface area contributed by atoms with E-state index in [-0.39, 0.29) is 17.1 Å². The topological polar surface area (TPSA) is 46.3 Å². The molecule has 3 nitrogen and oxygen atoms in total. The van der Waals surface area contributed by atoms with Crippen molar-refractivity contribution in [3.63, 3.8) is 0 Å². The Morgan fingerprint density at radius 3 is 2.80 bits per heavy atom. The molecule has 1 aromatic rings. The molecule has 1 saturated carbocycles. The predicted molar refractivity (Wildman–Crippen MR) is 80.1 cm³/mol. The number of amides is 1. The summed E-state index contributed by atoms with van der Waals surface area (Å²) in [5, 5.41) is 0. The number of thiocarbonyl (C=S) groups is 1. The maximum Gasteiger partial charge on any atom is 0.227 e. The number of halogens is 1. The fourth-order valence-corrected chi connectivity index (χ4v) is 3.28. The van der Waals surface area contributed by atoms with Gasteiger partial charge in [-0.25, -0.2) is 4.39 Å². The van der Waals surface area contributed by atoms with Gasteiger partial charge in [-0.15, -0.1) is 0 Å². The van der Waals surface area contributed by atoms with E-state index in [4.69, 9.17) is 18.0 Å². The SMILES string of the molecule is NC(=S)CC1(CN2C(=O)CCc3cc(F)ccc32)CC1. The summed E-state index contributed by atoms with van der Waals surface area (Å²) in [4.78, 5) is 14.5. The molecule has 0 bridgehead atoms. The minimum absolute atomic E-state index is 0.0461. The van der Waals surface area contributed by atoms with Crippen LogP contribution in [0.1, 0.15) is 31.2 Å². The smallest absolute Gasteiger partial charge is 0.227 e. The molecule has 1 amide bonds. The number of carbonyl (C=O) groups is 1. The molecule has 0 saturated heterocycles. The van der Waals surface area contributed by atoms with Gasteiger partial charge in [-0.1, -0.05) is 12.2 Å². The van der Waals surface area contributed by atoms with Gasteiger partial charge in [0.05, 0.1) is 4.99 Å². The third-order valence-electron chi connectivity index (χ3n) is 4.24. The molecular weight excluding hydrogens is 275 g/mol. The molecule has 1 heterocycles. The minimum Gasteiger partial charge on any atom is -0.393 e. The van der Waals surface area contributed by atoms with Crippen LogP contribution in [0.15, 0.2) is 18.2 Å². The quantitative estimate of drug-likeness (QED) is 0.868. The number of hydrogen-bond acceptors (Lipinski definition) is 2. The van der Waals surface area contributed by atoms with Crippen LogP contribution in [0, 0.1) is 11.2 Å². The molecule has 2 N–H and O–H groups in total. The summed E-state index contributed by atoms with van der Waals surface area (Å²) in [6.07, 6.45) is 3.84. The zero-order valence-electron chi connectivity index (χ0n) is 11.2. The minimum atomic E-state index is -0.248. The van der Waals surface area contributed by atoms with Gasteiger partial charge in [-0.3, -0.25) is 4.79 Å². The molecule has 0 spiro atoms. The molecule has 1 aliphatic heterocycles. The van der Waals surface area contributed by atoms with Crippen molar-refractivity contribution in [2.75, 3.05) is 11.4 Å². The van der Waals surface area contributed by atoms with Gasteiger partial charge < -0.3 is 10.6 Å². The summed E-state index contributed by atoms with van der Waals surface area (Å²) in [5.41, 5.74) is 7.45. The lowest BCUT2D eigenvalue weighted by atomic mass is 9.96. The molecule has 3 rings (SSSR count). The molecular formula is C15H17FN2OS. The lowest BCUT2D eigenvalue weighted by Gasteiger charge is -2.32. The highest BCUT2D eigenvalue weighted by Crippen LogP contribution is 2.50. The summed E-state index contributed by atoms with van der Waals surface area (Å²) < 4.78 is 13.3. The zero-order chi connectivity index (χ0) is 14.3. The van der Waals surface area contributed by atoms with Gasteiger partial charge in [0.1, 0.15) is 5.82 Å². The fourth-order valence-electron chi connectivity index (χ4n) is 2.97. The molecule has 0 atom stereocenters. The van der Waals surface area contributed by atoms with E-state index in [1.54, 1.807) is 11.0 Å². The van der Waals surface area contributed by atoms with E-state index in [1.165, 1.54) is 12.1 Å². The van der Waals surface area contributed by atoms with Crippen LogP contribution < -0.4 is 10.6 Å². The van der Waals surface area contributed by atoms with Crippen molar-refractivity contribution in [3.05, 3.63) is 29.6 Å². The Morgan fingerprint density at radius 2 is 2.15 bits per heavy atom. The first-order valence-corrected chi connectivity index (χ1v) is 7.27. The third kappa shape index (κ3) is 2.54. The number of carbonyl (C=O) groups excluding carboxylic acids is 1. The van der Waals surface area contributed by atoms with E-state index in [9.17, 15) is 9.18 Å². The van der Waals surface area contributed by atoms with Crippen molar-refractivity contribution < 1.29 is 9.18 Å². The van der Waals surface area contributed by atoms with Gasteiger partial charge in [0.15, 0.2) is 0 Å². The van der Waals surface area contributed by atoms with Crippen molar-refractivity contribution in [2.45, 2.75) is 32.1 Å². The van der Waals surface area contributed by atoms with Crippen LogP contribution >= 0.6 is 12.2 Å². The number of nitrogens with zero attached hydrogens (tertiary/aromatic N) is 1. The highest BCUT2D eigenvalue weighted by molar-refractivity contribution is 7.80. The summed E-state index contributed by atoms with van der Waals surface area (Å²) >= 11 is 5.00. The standard InChI is InChI=1S/C15H17FN2OS/c16-11-2-3-12-10(7-11)1-4-14(19)18(12)9-15(5-6-15)8-13(17)20/h2-3,7H,1,4-6,8-9H2,(H2,17,20). The Bertz CT molecular complexity index is 583. The normalized spacial score (nSPS) is 19.6. The van der Waals surface area contributed by atoms with Gasteiger partial charge in [0, 0.05) is 25.1 Å². The maximum atomic E-state index is 13.3. The van der Waals surface area contributed by atoms with Gasteiger partial charge >= 0.3 is 0 Å². The second-order valence-corrected chi connectivity index (χ2v) is 6.42. The Kier molecular flexibility index (Phi) is 3.24. The van der Waals surface area contributed by atoms with Crippen molar-refractivity contribution in [2.24, 2.45) is 11.1 Å². The van der Waals surface area contributed by atoms with E-state index < -0.39 is 0 Å². The Balaban J connectivity index is 1.86. The number of hydrogen-bond donors (Lipinski definition) is 1. The molecule has 0 unspecified atom stereocenters. The lowest BCUT2D eigenvalue weighted by molar-refractivity contribution is -0.119. The predicted octanol–water partition coefficient (Wildman–Crippen LogP) is 2.56. The summed E-state index contributed by atoms with van der Waals surface area (Å²) in [6.45, 7) is 0.641. The highest BCUT2D eigenvalue weighted by Gasteiger charge is 2.46. The number of fused-ring (bicyclic) bond motifs is 1. The van der Waals surface area contributed by atoms with Crippen LogP contribution in [0.3, 0.4) is 0 Å². The van der Waals surface area contributed by atoms with Crippen LogP contribution in [0.25, 0.3) is 0 Å². The lowest BCUT2D eigenvalue weighted by Crippen LogP contribution is -2.40. The molecule has 1 aromatic carbocycles. The second kappa shape index (κ2) is 4.81. The summed E-state index contributed by atoms with van der Waals surface area (Å²) in [5.74, 6) is -0.138. The number of benzene rings is 1. The van der Waals surface area contributed by atoms with Crippen LogP contribution in [0.5, 0.6) is 0 Å². The van der Waals surface area contributed by atoms with Crippen molar-refractivity contribution in [1.82, 2.24) is 0 Å². The molecule has 0 radical (unpaired) electrons. The average Bonchev–Trinajstić information content (AvgIpc) is 3.12. The first kappa shape index (κ1) is 13.5. The van der Waals surface area contributed by atoms with E-state index in [2.05, 4.69) is 0 Å². The third-order valence-corrected chi connectivity index (χ3v) is 4.39. The van der Waals surface area contributed by atoms with Crippen molar-refractivity contribution in [3.8, 4) is 0 Å². The fraction of sp³-hybridized carbons (Fsp3) is 0.467. The number of nitrogens with two attached hydrogens (primary N) is 1.